The van der Waals surface area contributed by atoms with Crippen LogP contribution in [0, 0.1) is 5.92 Å². The fourth-order valence-corrected chi connectivity index (χ4v) is 5.37. The summed E-state index contributed by atoms with van der Waals surface area (Å²) in [6, 6.07) is 7.01. The van der Waals surface area contributed by atoms with Gasteiger partial charge in [-0.05, 0) is 75.3 Å². The van der Waals surface area contributed by atoms with E-state index in [9.17, 15) is 4.79 Å². The normalized spacial score (nSPS) is 28.4. The van der Waals surface area contributed by atoms with Gasteiger partial charge in [-0.25, -0.2) is 4.79 Å². The number of fused-ring (bicyclic) bond motifs is 1. The highest BCUT2D eigenvalue weighted by Gasteiger charge is 2.51. The molecule has 1 heterocycles. The standard InChI is InChI=1S/C21H29NO4.ClH/c1-14(2)26-20(23)25-13-24-16-7-6-15-11-19-17-5-3-4-8-21(17,9-10-22-19)18(15)12-16;/h6-7,12,14,17,19,22H,3-5,8-11,13H2,1-2H3;1H/t17-,19+,21+;/m0./s1. The van der Waals surface area contributed by atoms with Crippen molar-refractivity contribution in [2.24, 2.45) is 5.92 Å². The second-order valence-electron chi connectivity index (χ2n) is 8.17. The molecule has 1 aromatic carbocycles. The third kappa shape index (κ3) is 3.90. The number of carbonyl (C=O) groups is 1. The highest BCUT2D eigenvalue weighted by Crippen LogP contribution is 2.54. The van der Waals surface area contributed by atoms with Gasteiger partial charge in [0.25, 0.3) is 0 Å². The Labute approximate surface area is 167 Å². The van der Waals surface area contributed by atoms with E-state index in [-0.39, 0.29) is 25.3 Å². The second kappa shape index (κ2) is 8.27. The third-order valence-electron chi connectivity index (χ3n) is 6.35. The van der Waals surface area contributed by atoms with Crippen LogP contribution in [0.3, 0.4) is 0 Å². The minimum atomic E-state index is -0.690. The Hall–Kier alpha value is -1.46. The number of piperidine rings is 1. The number of ether oxygens (including phenoxy) is 3. The molecule has 0 radical (unpaired) electrons. The molecule has 2 aliphatic carbocycles. The summed E-state index contributed by atoms with van der Waals surface area (Å²) in [6.45, 7) is 4.57. The van der Waals surface area contributed by atoms with Crippen molar-refractivity contribution in [2.45, 2.75) is 69.9 Å². The highest BCUT2D eigenvalue weighted by atomic mass is 35.5. The van der Waals surface area contributed by atoms with Crippen LogP contribution < -0.4 is 10.1 Å². The first kappa shape index (κ1) is 20.3. The molecular weight excluding hydrogens is 366 g/mol. The van der Waals surface area contributed by atoms with Gasteiger partial charge < -0.3 is 19.5 Å². The Bertz CT molecular complexity index is 676. The summed E-state index contributed by atoms with van der Waals surface area (Å²) in [4.78, 5) is 11.5. The average molecular weight is 396 g/mol. The first-order valence-corrected chi connectivity index (χ1v) is 9.91. The molecular formula is C21H30ClNO4. The van der Waals surface area contributed by atoms with Gasteiger partial charge in [-0.2, -0.15) is 0 Å². The quantitative estimate of drug-likeness (QED) is 0.606. The predicted octanol–water partition coefficient (Wildman–Crippen LogP) is 4.35. The van der Waals surface area contributed by atoms with Crippen molar-refractivity contribution in [1.82, 2.24) is 5.32 Å². The molecule has 0 aromatic heterocycles. The topological polar surface area (TPSA) is 56.8 Å². The Balaban J connectivity index is 0.00000210. The number of rotatable bonds is 4. The summed E-state index contributed by atoms with van der Waals surface area (Å²) in [6.07, 6.45) is 6.71. The van der Waals surface area contributed by atoms with E-state index in [0.717, 1.165) is 24.6 Å². The molecule has 5 nitrogen and oxygen atoms in total. The molecule has 1 aliphatic heterocycles. The van der Waals surface area contributed by atoms with E-state index in [1.165, 1.54) is 43.2 Å². The minimum absolute atomic E-state index is 0. The van der Waals surface area contributed by atoms with E-state index in [1.54, 1.807) is 13.8 Å². The largest absolute Gasteiger partial charge is 0.511 e. The van der Waals surface area contributed by atoms with E-state index in [4.69, 9.17) is 14.2 Å². The summed E-state index contributed by atoms with van der Waals surface area (Å²) in [5.41, 5.74) is 3.23. The molecule has 0 unspecified atom stereocenters. The van der Waals surface area contributed by atoms with Crippen molar-refractivity contribution >= 4 is 18.6 Å². The van der Waals surface area contributed by atoms with E-state index in [2.05, 4.69) is 17.4 Å². The molecule has 1 N–H and O–H groups in total. The molecule has 0 amide bonds. The fourth-order valence-electron chi connectivity index (χ4n) is 5.37. The van der Waals surface area contributed by atoms with Crippen molar-refractivity contribution < 1.29 is 19.0 Å². The van der Waals surface area contributed by atoms with Gasteiger partial charge in [0.15, 0.2) is 0 Å². The van der Waals surface area contributed by atoms with Gasteiger partial charge >= 0.3 is 6.16 Å². The SMILES string of the molecule is CC(C)OC(=O)OCOc1ccc2c(c1)[C@@]13CCCC[C@H]1[C@@H](C2)NCC3.Cl. The lowest BCUT2D eigenvalue weighted by molar-refractivity contribution is -0.00834. The predicted molar refractivity (Wildman–Crippen MR) is 106 cm³/mol. The monoisotopic (exact) mass is 395 g/mol. The van der Waals surface area contributed by atoms with Gasteiger partial charge in [0.1, 0.15) is 5.75 Å². The number of benzene rings is 1. The van der Waals surface area contributed by atoms with Crippen molar-refractivity contribution in [3.63, 3.8) is 0 Å². The van der Waals surface area contributed by atoms with Crippen LogP contribution in [0.1, 0.15) is 57.1 Å². The van der Waals surface area contributed by atoms with Gasteiger partial charge in [0.2, 0.25) is 6.79 Å². The lowest BCUT2D eigenvalue weighted by atomic mass is 9.53. The summed E-state index contributed by atoms with van der Waals surface area (Å²) in [5.74, 6) is 1.52. The van der Waals surface area contributed by atoms with Crippen molar-refractivity contribution in [1.29, 1.82) is 0 Å². The van der Waals surface area contributed by atoms with Crippen molar-refractivity contribution in [3.8, 4) is 5.75 Å². The summed E-state index contributed by atoms with van der Waals surface area (Å²) in [7, 11) is 0. The van der Waals surface area contributed by atoms with Crippen LogP contribution in [-0.2, 0) is 21.3 Å². The molecule has 6 heteroatoms. The van der Waals surface area contributed by atoms with Crippen molar-refractivity contribution in [3.05, 3.63) is 29.3 Å². The Morgan fingerprint density at radius 1 is 1.30 bits per heavy atom. The van der Waals surface area contributed by atoms with Gasteiger partial charge in [-0.3, -0.25) is 0 Å². The maximum Gasteiger partial charge on any atom is 0.511 e. The molecule has 150 valence electrons. The molecule has 3 atom stereocenters. The zero-order chi connectivity index (χ0) is 18.1. The Morgan fingerprint density at radius 2 is 2.15 bits per heavy atom. The van der Waals surface area contributed by atoms with Gasteiger partial charge in [-0.15, -0.1) is 12.4 Å². The number of halogens is 1. The van der Waals surface area contributed by atoms with Gasteiger partial charge in [0.05, 0.1) is 6.10 Å². The minimum Gasteiger partial charge on any atom is -0.457 e. The number of hydrogen-bond acceptors (Lipinski definition) is 5. The van der Waals surface area contributed by atoms with E-state index >= 15 is 0 Å². The van der Waals surface area contributed by atoms with Crippen LogP contribution in [-0.4, -0.2) is 31.6 Å². The molecule has 1 saturated carbocycles. The molecule has 2 bridgehead atoms. The second-order valence-corrected chi connectivity index (χ2v) is 8.17. The first-order chi connectivity index (χ1) is 12.6. The smallest absolute Gasteiger partial charge is 0.457 e. The van der Waals surface area contributed by atoms with Gasteiger partial charge in [0, 0.05) is 11.5 Å². The molecule has 1 aromatic rings. The van der Waals surface area contributed by atoms with Crippen LogP contribution in [0.4, 0.5) is 4.79 Å². The first-order valence-electron chi connectivity index (χ1n) is 9.91. The molecule has 4 rings (SSSR count). The molecule has 3 aliphatic rings. The lowest BCUT2D eigenvalue weighted by Gasteiger charge is -2.56. The molecule has 0 spiro atoms. The van der Waals surface area contributed by atoms with Crippen molar-refractivity contribution in [2.75, 3.05) is 13.3 Å². The Kier molecular flexibility index (Phi) is 6.21. The van der Waals surface area contributed by atoms with Gasteiger partial charge in [-0.1, -0.05) is 18.9 Å². The number of nitrogens with one attached hydrogen (secondary N) is 1. The summed E-state index contributed by atoms with van der Waals surface area (Å²) < 4.78 is 15.6. The maximum absolute atomic E-state index is 11.5. The van der Waals surface area contributed by atoms with E-state index in [1.807, 2.05) is 6.07 Å². The van der Waals surface area contributed by atoms with E-state index < -0.39 is 6.16 Å². The summed E-state index contributed by atoms with van der Waals surface area (Å²) in [5, 5.41) is 3.76. The molecule has 27 heavy (non-hydrogen) atoms. The van der Waals surface area contributed by atoms with Crippen LogP contribution in [0.5, 0.6) is 5.75 Å². The number of carbonyl (C=O) groups excluding carboxylic acids is 1. The highest BCUT2D eigenvalue weighted by molar-refractivity contribution is 5.85. The third-order valence-corrected chi connectivity index (χ3v) is 6.35. The average Bonchev–Trinajstić information content (AvgIpc) is 2.61. The summed E-state index contributed by atoms with van der Waals surface area (Å²) >= 11 is 0. The molecule has 1 saturated heterocycles. The zero-order valence-electron chi connectivity index (χ0n) is 16.2. The Morgan fingerprint density at radius 3 is 2.96 bits per heavy atom. The van der Waals surface area contributed by atoms with E-state index in [0.29, 0.717) is 11.5 Å². The maximum atomic E-state index is 11.5. The van der Waals surface area contributed by atoms with Crippen LogP contribution in [0.2, 0.25) is 0 Å². The fraction of sp³-hybridized carbons (Fsp3) is 0.667. The zero-order valence-corrected chi connectivity index (χ0v) is 17.0. The molecule has 2 fully saturated rings. The lowest BCUT2D eigenvalue weighted by Crippen LogP contribution is -2.59. The van der Waals surface area contributed by atoms with Crippen LogP contribution >= 0.6 is 12.4 Å². The number of hydrogen-bond donors (Lipinski definition) is 1. The van der Waals surface area contributed by atoms with Crippen LogP contribution in [0.25, 0.3) is 0 Å². The van der Waals surface area contributed by atoms with Crippen LogP contribution in [0.15, 0.2) is 18.2 Å².